The van der Waals surface area contributed by atoms with Gasteiger partial charge in [-0.1, -0.05) is 24.8 Å². The maximum atomic E-state index is 11.5. The van der Waals surface area contributed by atoms with Crippen LogP contribution in [-0.4, -0.2) is 12.6 Å². The fraction of sp³-hybridized carbons (Fsp3) is 0.125. The van der Waals surface area contributed by atoms with E-state index in [1.54, 1.807) is 0 Å². The van der Waals surface area contributed by atoms with Gasteiger partial charge in [0.05, 0.1) is 5.70 Å². The second-order valence-corrected chi connectivity index (χ2v) is 4.60. The molecule has 1 amide bonds. The van der Waals surface area contributed by atoms with Gasteiger partial charge in [0, 0.05) is 24.1 Å². The molecule has 0 spiro atoms. The Balaban J connectivity index is 2.05. The Morgan fingerprint density at radius 2 is 2.21 bits per heavy atom. The molecule has 0 fully saturated rings. The van der Waals surface area contributed by atoms with Crippen LogP contribution in [0.4, 0.5) is 0 Å². The van der Waals surface area contributed by atoms with Gasteiger partial charge >= 0.3 is 0 Å². The highest BCUT2D eigenvalue weighted by molar-refractivity contribution is 5.99. The summed E-state index contributed by atoms with van der Waals surface area (Å²) in [6.07, 6.45) is 4.74. The first-order valence-corrected chi connectivity index (χ1v) is 6.19. The molecule has 0 aromatic heterocycles. The van der Waals surface area contributed by atoms with Gasteiger partial charge in [0.1, 0.15) is 0 Å². The van der Waals surface area contributed by atoms with Crippen LogP contribution in [0.15, 0.2) is 53.2 Å². The maximum absolute atomic E-state index is 11.5. The van der Waals surface area contributed by atoms with Crippen molar-refractivity contribution in [3.05, 3.63) is 64.9 Å². The molecule has 1 aromatic carbocycles. The van der Waals surface area contributed by atoms with Crippen LogP contribution in [0.25, 0.3) is 5.57 Å². The number of benzene rings is 1. The Labute approximate surface area is 112 Å². The average Bonchev–Trinajstić information content (AvgIpc) is 3.02. The number of amides is 1. The highest BCUT2D eigenvalue weighted by Crippen LogP contribution is 2.35. The summed E-state index contributed by atoms with van der Waals surface area (Å²) >= 11 is 0. The molecule has 0 saturated carbocycles. The van der Waals surface area contributed by atoms with Crippen LogP contribution < -0.4 is 5.32 Å². The normalized spacial score (nSPS) is 17.1. The Morgan fingerprint density at radius 3 is 2.95 bits per heavy atom. The Morgan fingerprint density at radius 1 is 1.37 bits per heavy atom. The second-order valence-electron chi connectivity index (χ2n) is 4.60. The number of nitrogens with one attached hydrogen (secondary N) is 1. The first-order valence-electron chi connectivity index (χ1n) is 6.19. The molecule has 0 saturated heterocycles. The van der Waals surface area contributed by atoms with Crippen molar-refractivity contribution >= 4 is 18.2 Å². The minimum Gasteiger partial charge on any atom is -0.348 e. The lowest BCUT2D eigenvalue weighted by molar-refractivity contribution is 0.0966. The summed E-state index contributed by atoms with van der Waals surface area (Å²) in [5.74, 6) is 0.00915. The van der Waals surface area contributed by atoms with Crippen molar-refractivity contribution in [2.75, 3.05) is 0 Å². The number of carbonyl (C=O) groups excluding carboxylic acids is 1. The molecule has 0 atom stereocenters. The monoisotopic (exact) mass is 250 g/mol. The zero-order valence-corrected chi connectivity index (χ0v) is 10.6. The van der Waals surface area contributed by atoms with Gasteiger partial charge in [0.2, 0.25) is 0 Å². The molecule has 19 heavy (non-hydrogen) atoms. The molecule has 1 heterocycles. The zero-order valence-electron chi connectivity index (χ0n) is 10.6. The van der Waals surface area contributed by atoms with E-state index in [2.05, 4.69) is 35.7 Å². The molecule has 1 aliphatic heterocycles. The van der Waals surface area contributed by atoms with Crippen molar-refractivity contribution in [1.29, 1.82) is 0 Å². The number of fused-ring (bicyclic) bond motifs is 1. The lowest BCUT2D eigenvalue weighted by atomic mass is 9.97. The number of allylic oxidation sites excluding steroid dienone is 4. The summed E-state index contributed by atoms with van der Waals surface area (Å²) in [7, 11) is 0. The van der Waals surface area contributed by atoms with E-state index < -0.39 is 0 Å². The van der Waals surface area contributed by atoms with E-state index in [1.165, 1.54) is 0 Å². The number of rotatable bonds is 3. The molecular formula is C16H14N2O. The van der Waals surface area contributed by atoms with E-state index in [0.29, 0.717) is 6.54 Å². The number of hydrogen-bond acceptors (Lipinski definition) is 2. The van der Waals surface area contributed by atoms with E-state index in [-0.39, 0.29) is 5.91 Å². The third-order valence-corrected chi connectivity index (χ3v) is 3.60. The Bertz CT molecular complexity index is 665. The Hall–Kier alpha value is -2.42. The van der Waals surface area contributed by atoms with Crippen molar-refractivity contribution in [2.45, 2.75) is 13.0 Å². The van der Waals surface area contributed by atoms with Gasteiger partial charge in [0.15, 0.2) is 0 Å². The van der Waals surface area contributed by atoms with Crippen molar-refractivity contribution in [3.8, 4) is 0 Å². The second kappa shape index (κ2) is 4.35. The average molecular weight is 250 g/mol. The highest BCUT2D eigenvalue weighted by atomic mass is 16.1. The fourth-order valence-electron chi connectivity index (χ4n) is 2.62. The largest absolute Gasteiger partial charge is 0.348 e. The molecule has 3 nitrogen and oxygen atoms in total. The van der Waals surface area contributed by atoms with Gasteiger partial charge in [-0.15, -0.1) is 0 Å². The molecule has 1 aromatic rings. The Kier molecular flexibility index (Phi) is 2.67. The first-order chi connectivity index (χ1) is 9.24. The molecule has 94 valence electrons. The summed E-state index contributed by atoms with van der Waals surface area (Å²) in [5.41, 5.74) is 6.04. The van der Waals surface area contributed by atoms with Crippen LogP contribution >= 0.6 is 0 Å². The molecule has 1 aliphatic carbocycles. The van der Waals surface area contributed by atoms with E-state index in [4.69, 9.17) is 0 Å². The van der Waals surface area contributed by atoms with Gasteiger partial charge in [-0.25, -0.2) is 0 Å². The van der Waals surface area contributed by atoms with E-state index in [9.17, 15) is 4.79 Å². The zero-order chi connectivity index (χ0) is 13.4. The van der Waals surface area contributed by atoms with Gasteiger partial charge in [0.25, 0.3) is 5.91 Å². The maximum Gasteiger partial charge on any atom is 0.251 e. The lowest BCUT2D eigenvalue weighted by Gasteiger charge is -2.07. The minimum atomic E-state index is 0.00915. The molecule has 0 bridgehead atoms. The topological polar surface area (TPSA) is 41.5 Å². The summed E-state index contributed by atoms with van der Waals surface area (Å²) in [4.78, 5) is 15.6. The molecule has 2 aliphatic rings. The number of aliphatic imine (C=N–C) groups is 1. The van der Waals surface area contributed by atoms with Crippen LogP contribution in [-0.2, 0) is 6.54 Å². The predicted octanol–water partition coefficient (Wildman–Crippen LogP) is 2.86. The van der Waals surface area contributed by atoms with E-state index in [1.807, 2.05) is 18.2 Å². The standard InChI is InChI=1S/C16H14N2O/c1-3-12-13(6-7-15(12)17-2)10-4-5-14-11(8-10)9-18-16(14)19/h3-6,8H,1-2,7,9H2,(H,18,19). The van der Waals surface area contributed by atoms with Crippen LogP contribution in [0.2, 0.25) is 0 Å². The number of hydrogen-bond donors (Lipinski definition) is 1. The third-order valence-electron chi connectivity index (χ3n) is 3.60. The fourth-order valence-corrected chi connectivity index (χ4v) is 2.62. The first kappa shape index (κ1) is 11.7. The third kappa shape index (κ3) is 1.74. The number of carbonyl (C=O) groups is 1. The van der Waals surface area contributed by atoms with Crippen LogP contribution in [0.5, 0.6) is 0 Å². The van der Waals surface area contributed by atoms with Crippen LogP contribution in [0, 0.1) is 0 Å². The van der Waals surface area contributed by atoms with Gasteiger partial charge in [-0.05, 0) is 35.6 Å². The van der Waals surface area contributed by atoms with Crippen LogP contribution in [0.3, 0.4) is 0 Å². The van der Waals surface area contributed by atoms with E-state index >= 15 is 0 Å². The van der Waals surface area contributed by atoms with Crippen molar-refractivity contribution < 1.29 is 4.79 Å². The molecule has 0 unspecified atom stereocenters. The van der Waals surface area contributed by atoms with Crippen molar-refractivity contribution in [3.63, 3.8) is 0 Å². The smallest absolute Gasteiger partial charge is 0.251 e. The van der Waals surface area contributed by atoms with E-state index in [0.717, 1.165) is 40.0 Å². The van der Waals surface area contributed by atoms with Crippen molar-refractivity contribution in [1.82, 2.24) is 5.32 Å². The SMILES string of the molecule is C=CC1=C(N=C)CC=C1c1ccc2c(c1)CNC2=O. The van der Waals surface area contributed by atoms with Gasteiger partial charge in [-0.2, -0.15) is 0 Å². The molecule has 3 rings (SSSR count). The summed E-state index contributed by atoms with van der Waals surface area (Å²) in [6.45, 7) is 8.05. The summed E-state index contributed by atoms with van der Waals surface area (Å²) in [5, 5.41) is 2.83. The summed E-state index contributed by atoms with van der Waals surface area (Å²) < 4.78 is 0. The molecule has 0 radical (unpaired) electrons. The predicted molar refractivity (Wildman–Crippen MR) is 77.0 cm³/mol. The van der Waals surface area contributed by atoms with Gasteiger partial charge < -0.3 is 5.32 Å². The highest BCUT2D eigenvalue weighted by Gasteiger charge is 2.21. The lowest BCUT2D eigenvalue weighted by Crippen LogP contribution is -2.12. The quantitative estimate of drug-likeness (QED) is 0.823. The van der Waals surface area contributed by atoms with Crippen LogP contribution in [0.1, 0.15) is 27.9 Å². The molecular weight excluding hydrogens is 236 g/mol. The summed E-state index contributed by atoms with van der Waals surface area (Å²) in [6, 6.07) is 5.92. The molecule has 3 heteroatoms. The molecule has 1 N–H and O–H groups in total. The van der Waals surface area contributed by atoms with Gasteiger partial charge in [-0.3, -0.25) is 9.79 Å². The number of nitrogens with zero attached hydrogens (tertiary/aromatic N) is 1. The van der Waals surface area contributed by atoms with Crippen molar-refractivity contribution in [2.24, 2.45) is 4.99 Å². The minimum absolute atomic E-state index is 0.00915.